The summed E-state index contributed by atoms with van der Waals surface area (Å²) in [5.41, 5.74) is 2.08. The van der Waals surface area contributed by atoms with Gasteiger partial charge in [-0.3, -0.25) is 4.90 Å². The first-order valence-electron chi connectivity index (χ1n) is 8.64. The van der Waals surface area contributed by atoms with Gasteiger partial charge in [0.1, 0.15) is 0 Å². The maximum absolute atomic E-state index is 11.8. The third kappa shape index (κ3) is 3.99. The van der Waals surface area contributed by atoms with E-state index < -0.39 is 0 Å². The van der Waals surface area contributed by atoms with Crippen LogP contribution in [-0.4, -0.2) is 58.9 Å². The summed E-state index contributed by atoms with van der Waals surface area (Å²) in [6.07, 6.45) is -0.241. The van der Waals surface area contributed by atoms with Gasteiger partial charge in [0, 0.05) is 31.7 Å². The van der Waals surface area contributed by atoms with E-state index in [0.717, 1.165) is 24.2 Å². The Balaban J connectivity index is 1.63. The fourth-order valence-electron chi connectivity index (χ4n) is 2.96. The molecule has 1 aromatic carbocycles. The third-order valence-corrected chi connectivity index (χ3v) is 4.45. The fourth-order valence-corrected chi connectivity index (χ4v) is 2.96. The number of benzene rings is 1. The van der Waals surface area contributed by atoms with E-state index in [1.165, 1.54) is 0 Å². The van der Waals surface area contributed by atoms with Crippen molar-refractivity contribution in [1.29, 1.82) is 0 Å². The monoisotopic (exact) mass is 344 g/mol. The maximum atomic E-state index is 11.8. The maximum Gasteiger partial charge on any atom is 0.409 e. The van der Waals surface area contributed by atoms with Crippen LogP contribution in [0.15, 0.2) is 28.7 Å². The van der Waals surface area contributed by atoms with Gasteiger partial charge in [-0.25, -0.2) is 4.79 Å². The Kier molecular flexibility index (Phi) is 5.33. The molecule has 7 heteroatoms. The number of carbonyl (C=O) groups excluding carboxylic acids is 1. The van der Waals surface area contributed by atoms with Crippen LogP contribution in [0.25, 0.3) is 11.5 Å². The van der Waals surface area contributed by atoms with Gasteiger partial charge in [-0.2, -0.15) is 0 Å². The van der Waals surface area contributed by atoms with Crippen LogP contribution in [0, 0.1) is 6.92 Å². The number of aryl methyl sites for hydroxylation is 1. The average molecular weight is 344 g/mol. The van der Waals surface area contributed by atoms with Crippen LogP contribution >= 0.6 is 0 Å². The zero-order chi connectivity index (χ0) is 17.8. The zero-order valence-electron chi connectivity index (χ0n) is 14.9. The van der Waals surface area contributed by atoms with Crippen LogP contribution in [0.1, 0.15) is 31.3 Å². The molecule has 0 aliphatic carbocycles. The summed E-state index contributed by atoms with van der Waals surface area (Å²) in [5.74, 6) is 1.14. The molecule has 0 bridgehead atoms. The number of amides is 1. The lowest BCUT2D eigenvalue weighted by Gasteiger charge is -2.36. The molecule has 2 aromatic rings. The van der Waals surface area contributed by atoms with Crippen molar-refractivity contribution in [3.05, 3.63) is 35.7 Å². The summed E-state index contributed by atoms with van der Waals surface area (Å²) in [5, 5.41) is 8.40. The molecule has 0 saturated carbocycles. The van der Waals surface area contributed by atoms with Crippen molar-refractivity contribution < 1.29 is 13.9 Å². The van der Waals surface area contributed by atoms with Crippen molar-refractivity contribution in [3.8, 4) is 11.5 Å². The summed E-state index contributed by atoms with van der Waals surface area (Å²) in [4.78, 5) is 15.8. The molecular weight excluding hydrogens is 320 g/mol. The van der Waals surface area contributed by atoms with Crippen molar-refractivity contribution in [2.45, 2.75) is 26.8 Å². The summed E-state index contributed by atoms with van der Waals surface area (Å²) in [6, 6.07) is 8.02. The van der Waals surface area contributed by atoms with E-state index in [1.54, 1.807) is 4.90 Å². The summed E-state index contributed by atoms with van der Waals surface area (Å²) in [6.45, 7) is 9.09. The molecule has 25 heavy (non-hydrogen) atoms. The third-order valence-electron chi connectivity index (χ3n) is 4.45. The minimum atomic E-state index is -0.241. The standard InChI is InChI=1S/C18H24N4O3/c1-4-24-18(23)22-10-8-21(9-11-22)14(3)16-19-20-17(25-16)15-7-5-6-13(2)12-15/h5-7,12,14H,4,8-11H2,1-3H3. The van der Waals surface area contributed by atoms with Crippen LogP contribution in [0.3, 0.4) is 0 Å². The van der Waals surface area contributed by atoms with E-state index in [-0.39, 0.29) is 12.1 Å². The molecule has 1 amide bonds. The van der Waals surface area contributed by atoms with Crippen LogP contribution < -0.4 is 0 Å². The van der Waals surface area contributed by atoms with Gasteiger partial charge >= 0.3 is 6.09 Å². The molecule has 1 aliphatic rings. The summed E-state index contributed by atoms with van der Waals surface area (Å²) < 4.78 is 10.9. The normalized spacial score (nSPS) is 16.7. The summed E-state index contributed by atoms with van der Waals surface area (Å²) >= 11 is 0. The van der Waals surface area contributed by atoms with Gasteiger partial charge in [-0.05, 0) is 32.9 Å². The predicted molar refractivity (Wildman–Crippen MR) is 93.1 cm³/mol. The van der Waals surface area contributed by atoms with Crippen LogP contribution in [0.2, 0.25) is 0 Å². The summed E-state index contributed by atoms with van der Waals surface area (Å²) in [7, 11) is 0. The Morgan fingerprint density at radius 3 is 2.72 bits per heavy atom. The highest BCUT2D eigenvalue weighted by molar-refractivity contribution is 5.67. The first kappa shape index (κ1) is 17.4. The fraction of sp³-hybridized carbons (Fsp3) is 0.500. The van der Waals surface area contributed by atoms with Crippen LogP contribution in [-0.2, 0) is 4.74 Å². The second-order valence-corrected chi connectivity index (χ2v) is 6.21. The Morgan fingerprint density at radius 2 is 2.04 bits per heavy atom. The number of hydrogen-bond donors (Lipinski definition) is 0. The smallest absolute Gasteiger partial charge is 0.409 e. The predicted octanol–water partition coefficient (Wildman–Crippen LogP) is 2.88. The molecule has 3 rings (SSSR count). The van der Waals surface area contributed by atoms with Crippen LogP contribution in [0.5, 0.6) is 0 Å². The average Bonchev–Trinajstić information content (AvgIpc) is 3.11. The lowest BCUT2D eigenvalue weighted by molar-refractivity contribution is 0.0642. The highest BCUT2D eigenvalue weighted by atomic mass is 16.6. The lowest BCUT2D eigenvalue weighted by atomic mass is 10.1. The Hall–Kier alpha value is -2.41. The molecule has 0 spiro atoms. The van der Waals surface area contributed by atoms with Crippen LogP contribution in [0.4, 0.5) is 4.79 Å². The zero-order valence-corrected chi connectivity index (χ0v) is 14.9. The minimum absolute atomic E-state index is 0.00963. The number of piperazine rings is 1. The van der Waals surface area contributed by atoms with Gasteiger partial charge in [0.05, 0.1) is 12.6 Å². The number of ether oxygens (including phenoxy) is 1. The first-order chi connectivity index (χ1) is 12.1. The lowest BCUT2D eigenvalue weighted by Crippen LogP contribution is -2.49. The second-order valence-electron chi connectivity index (χ2n) is 6.21. The van der Waals surface area contributed by atoms with Crippen molar-refractivity contribution in [3.63, 3.8) is 0 Å². The van der Waals surface area contributed by atoms with E-state index >= 15 is 0 Å². The number of aromatic nitrogens is 2. The molecule has 1 atom stereocenters. The molecule has 0 radical (unpaired) electrons. The highest BCUT2D eigenvalue weighted by Gasteiger charge is 2.28. The molecule has 1 saturated heterocycles. The van der Waals surface area contributed by atoms with E-state index in [9.17, 15) is 4.79 Å². The molecule has 1 aromatic heterocycles. The number of nitrogens with zero attached hydrogens (tertiary/aromatic N) is 4. The van der Waals surface area contributed by atoms with E-state index in [0.29, 0.717) is 31.5 Å². The molecule has 1 fully saturated rings. The molecule has 7 nitrogen and oxygen atoms in total. The SMILES string of the molecule is CCOC(=O)N1CCN(C(C)c2nnc(-c3cccc(C)c3)o2)CC1. The number of hydrogen-bond acceptors (Lipinski definition) is 6. The van der Waals surface area contributed by atoms with Crippen molar-refractivity contribution in [2.24, 2.45) is 0 Å². The van der Waals surface area contributed by atoms with Gasteiger partial charge in [0.2, 0.25) is 11.8 Å². The quantitative estimate of drug-likeness (QED) is 0.849. The molecule has 1 unspecified atom stereocenters. The van der Waals surface area contributed by atoms with Crippen molar-refractivity contribution >= 4 is 6.09 Å². The molecule has 134 valence electrons. The first-order valence-corrected chi connectivity index (χ1v) is 8.64. The minimum Gasteiger partial charge on any atom is -0.450 e. The molecule has 2 heterocycles. The Morgan fingerprint density at radius 1 is 1.28 bits per heavy atom. The van der Waals surface area contributed by atoms with Gasteiger partial charge in [-0.15, -0.1) is 10.2 Å². The molecule has 0 N–H and O–H groups in total. The topological polar surface area (TPSA) is 71.7 Å². The number of carbonyl (C=O) groups is 1. The largest absolute Gasteiger partial charge is 0.450 e. The van der Waals surface area contributed by atoms with E-state index in [2.05, 4.69) is 15.1 Å². The van der Waals surface area contributed by atoms with Gasteiger partial charge in [-0.1, -0.05) is 17.7 Å². The van der Waals surface area contributed by atoms with Gasteiger partial charge in [0.25, 0.3) is 0 Å². The van der Waals surface area contributed by atoms with Crippen molar-refractivity contribution in [1.82, 2.24) is 20.0 Å². The van der Waals surface area contributed by atoms with E-state index in [1.807, 2.05) is 45.0 Å². The second kappa shape index (κ2) is 7.65. The number of rotatable bonds is 4. The van der Waals surface area contributed by atoms with Gasteiger partial charge in [0.15, 0.2) is 0 Å². The van der Waals surface area contributed by atoms with Gasteiger partial charge < -0.3 is 14.1 Å². The molecular formula is C18H24N4O3. The Labute approximate surface area is 147 Å². The van der Waals surface area contributed by atoms with Crippen molar-refractivity contribution in [2.75, 3.05) is 32.8 Å². The van der Waals surface area contributed by atoms with E-state index in [4.69, 9.17) is 9.15 Å². The highest BCUT2D eigenvalue weighted by Crippen LogP contribution is 2.25. The Bertz CT molecular complexity index is 723. The molecule has 1 aliphatic heterocycles.